The van der Waals surface area contributed by atoms with Gasteiger partial charge in [-0.3, -0.25) is 9.59 Å². The number of rotatable bonds is 6. The SMILES string of the molecule is CCOC(=O)C(C)(Cc1ccnc(Cl)c1)C(=O)OCC. The molecule has 1 aromatic heterocycles. The number of hydrogen-bond acceptors (Lipinski definition) is 5. The molecule has 0 aliphatic rings. The molecule has 0 aliphatic heterocycles. The topological polar surface area (TPSA) is 65.5 Å². The van der Waals surface area contributed by atoms with Crippen molar-refractivity contribution in [2.75, 3.05) is 13.2 Å². The van der Waals surface area contributed by atoms with Crippen LogP contribution in [0.2, 0.25) is 5.15 Å². The fraction of sp³-hybridized carbons (Fsp3) is 0.500. The minimum atomic E-state index is -1.39. The van der Waals surface area contributed by atoms with E-state index < -0.39 is 17.4 Å². The molecule has 1 heterocycles. The molecule has 0 bridgehead atoms. The van der Waals surface area contributed by atoms with E-state index in [1.807, 2.05) is 0 Å². The van der Waals surface area contributed by atoms with Crippen LogP contribution >= 0.6 is 11.6 Å². The number of halogens is 1. The highest BCUT2D eigenvalue weighted by Crippen LogP contribution is 2.27. The lowest BCUT2D eigenvalue weighted by Crippen LogP contribution is -2.41. The van der Waals surface area contributed by atoms with E-state index in [0.29, 0.717) is 10.7 Å². The molecule has 5 nitrogen and oxygen atoms in total. The molecule has 0 radical (unpaired) electrons. The Morgan fingerprint density at radius 2 is 1.80 bits per heavy atom. The number of ether oxygens (including phenoxy) is 2. The van der Waals surface area contributed by atoms with Crippen LogP contribution in [0.1, 0.15) is 26.3 Å². The number of carbonyl (C=O) groups excluding carboxylic acids is 2. The van der Waals surface area contributed by atoms with Gasteiger partial charge in [-0.1, -0.05) is 11.6 Å². The summed E-state index contributed by atoms with van der Waals surface area (Å²) in [5, 5.41) is 0.303. The van der Waals surface area contributed by atoms with Gasteiger partial charge >= 0.3 is 11.9 Å². The van der Waals surface area contributed by atoms with E-state index in [1.54, 1.807) is 26.0 Å². The van der Waals surface area contributed by atoms with Crippen LogP contribution in [-0.4, -0.2) is 30.1 Å². The van der Waals surface area contributed by atoms with Crippen molar-refractivity contribution < 1.29 is 19.1 Å². The Kier molecular flexibility index (Phi) is 5.95. The molecule has 0 saturated heterocycles. The summed E-state index contributed by atoms with van der Waals surface area (Å²) in [6.45, 7) is 5.28. The molecule has 0 saturated carbocycles. The summed E-state index contributed by atoms with van der Waals surface area (Å²) >= 11 is 5.81. The maximum absolute atomic E-state index is 12.1. The highest BCUT2D eigenvalue weighted by molar-refractivity contribution is 6.29. The molecule has 1 aromatic rings. The Hall–Kier alpha value is -1.62. The summed E-state index contributed by atoms with van der Waals surface area (Å²) in [6, 6.07) is 3.31. The molecule has 6 heteroatoms. The van der Waals surface area contributed by atoms with E-state index in [2.05, 4.69) is 4.98 Å². The summed E-state index contributed by atoms with van der Waals surface area (Å²) in [4.78, 5) is 28.1. The molecule has 110 valence electrons. The van der Waals surface area contributed by atoms with Gasteiger partial charge in [-0.25, -0.2) is 4.98 Å². The number of nitrogens with zero attached hydrogens (tertiary/aromatic N) is 1. The minimum absolute atomic E-state index is 0.146. The van der Waals surface area contributed by atoms with Gasteiger partial charge < -0.3 is 9.47 Å². The second-order valence-electron chi connectivity index (χ2n) is 4.44. The molecular formula is C14H18ClNO4. The van der Waals surface area contributed by atoms with Crippen molar-refractivity contribution in [2.24, 2.45) is 5.41 Å². The molecule has 20 heavy (non-hydrogen) atoms. The van der Waals surface area contributed by atoms with Crippen LogP contribution in [-0.2, 0) is 25.5 Å². The van der Waals surface area contributed by atoms with E-state index in [-0.39, 0.29) is 19.6 Å². The molecule has 0 N–H and O–H groups in total. The molecule has 0 amide bonds. The monoisotopic (exact) mass is 299 g/mol. The van der Waals surface area contributed by atoms with Crippen LogP contribution in [0, 0.1) is 5.41 Å². The van der Waals surface area contributed by atoms with Crippen molar-refractivity contribution in [3.05, 3.63) is 29.0 Å². The summed E-state index contributed by atoms with van der Waals surface area (Å²) in [7, 11) is 0. The summed E-state index contributed by atoms with van der Waals surface area (Å²) in [5.74, 6) is -1.21. The molecular weight excluding hydrogens is 282 g/mol. The first-order valence-corrected chi connectivity index (χ1v) is 6.76. The van der Waals surface area contributed by atoms with Crippen molar-refractivity contribution in [1.82, 2.24) is 4.98 Å². The Morgan fingerprint density at radius 3 is 2.25 bits per heavy atom. The van der Waals surface area contributed by atoms with Crippen LogP contribution in [0.25, 0.3) is 0 Å². The maximum Gasteiger partial charge on any atom is 0.323 e. The molecule has 0 aliphatic carbocycles. The van der Waals surface area contributed by atoms with Gasteiger partial charge in [0.25, 0.3) is 0 Å². The van der Waals surface area contributed by atoms with Crippen molar-refractivity contribution in [3.63, 3.8) is 0 Å². The first-order chi connectivity index (χ1) is 9.43. The van der Waals surface area contributed by atoms with Gasteiger partial charge in [-0.2, -0.15) is 0 Å². The Labute approximate surface area is 123 Å². The van der Waals surface area contributed by atoms with Gasteiger partial charge in [0.1, 0.15) is 5.15 Å². The van der Waals surface area contributed by atoms with Gasteiger partial charge in [-0.15, -0.1) is 0 Å². The number of esters is 2. The van der Waals surface area contributed by atoms with Crippen LogP contribution in [0.4, 0.5) is 0 Å². The Morgan fingerprint density at radius 1 is 1.25 bits per heavy atom. The second kappa shape index (κ2) is 7.24. The zero-order chi connectivity index (χ0) is 15.2. The minimum Gasteiger partial charge on any atom is -0.465 e. The Bertz CT molecular complexity index is 472. The van der Waals surface area contributed by atoms with Crippen LogP contribution in [0.15, 0.2) is 18.3 Å². The zero-order valence-electron chi connectivity index (χ0n) is 11.8. The summed E-state index contributed by atoms with van der Waals surface area (Å²) in [5.41, 5.74) is -0.676. The predicted octanol–water partition coefficient (Wildman–Crippen LogP) is 2.41. The third-order valence-electron chi connectivity index (χ3n) is 2.80. The first kappa shape index (κ1) is 16.4. The van der Waals surface area contributed by atoms with E-state index in [0.717, 1.165) is 0 Å². The largest absolute Gasteiger partial charge is 0.465 e. The van der Waals surface area contributed by atoms with E-state index in [1.165, 1.54) is 13.1 Å². The van der Waals surface area contributed by atoms with Gasteiger partial charge in [0, 0.05) is 6.20 Å². The number of aromatic nitrogens is 1. The van der Waals surface area contributed by atoms with Gasteiger partial charge in [-0.05, 0) is 44.9 Å². The highest BCUT2D eigenvalue weighted by Gasteiger charge is 2.44. The number of carbonyl (C=O) groups is 2. The van der Waals surface area contributed by atoms with E-state index in [4.69, 9.17) is 21.1 Å². The molecule has 0 atom stereocenters. The molecule has 0 spiro atoms. The standard InChI is InChI=1S/C14H18ClNO4/c1-4-19-12(17)14(3,13(18)20-5-2)9-10-6-7-16-11(15)8-10/h6-8H,4-5,9H2,1-3H3. The first-order valence-electron chi connectivity index (χ1n) is 6.39. The van der Waals surface area contributed by atoms with Gasteiger partial charge in [0.05, 0.1) is 13.2 Å². The number of hydrogen-bond donors (Lipinski definition) is 0. The molecule has 0 unspecified atom stereocenters. The quantitative estimate of drug-likeness (QED) is 0.458. The molecule has 0 aromatic carbocycles. The van der Waals surface area contributed by atoms with Crippen molar-refractivity contribution in [1.29, 1.82) is 0 Å². The van der Waals surface area contributed by atoms with Gasteiger partial charge in [0.15, 0.2) is 5.41 Å². The maximum atomic E-state index is 12.1. The van der Waals surface area contributed by atoms with E-state index >= 15 is 0 Å². The number of pyridine rings is 1. The van der Waals surface area contributed by atoms with Crippen LogP contribution in [0.3, 0.4) is 0 Å². The second-order valence-corrected chi connectivity index (χ2v) is 4.82. The van der Waals surface area contributed by atoms with E-state index in [9.17, 15) is 9.59 Å². The average molecular weight is 300 g/mol. The van der Waals surface area contributed by atoms with Crippen LogP contribution < -0.4 is 0 Å². The lowest BCUT2D eigenvalue weighted by atomic mass is 9.84. The summed E-state index contributed by atoms with van der Waals surface area (Å²) < 4.78 is 9.98. The van der Waals surface area contributed by atoms with Crippen molar-refractivity contribution >= 4 is 23.5 Å². The smallest absolute Gasteiger partial charge is 0.323 e. The third kappa shape index (κ3) is 3.93. The zero-order valence-corrected chi connectivity index (χ0v) is 12.6. The lowest BCUT2D eigenvalue weighted by molar-refractivity contribution is -0.170. The molecule has 0 fully saturated rings. The predicted molar refractivity (Wildman–Crippen MR) is 74.3 cm³/mol. The van der Waals surface area contributed by atoms with Crippen molar-refractivity contribution in [2.45, 2.75) is 27.2 Å². The fourth-order valence-corrected chi connectivity index (χ4v) is 1.97. The van der Waals surface area contributed by atoms with Gasteiger partial charge in [0.2, 0.25) is 0 Å². The van der Waals surface area contributed by atoms with Crippen molar-refractivity contribution in [3.8, 4) is 0 Å². The average Bonchev–Trinajstić information content (AvgIpc) is 2.39. The highest BCUT2D eigenvalue weighted by atomic mass is 35.5. The normalized spacial score (nSPS) is 11.0. The lowest BCUT2D eigenvalue weighted by Gasteiger charge is -2.25. The Balaban J connectivity index is 3.04. The summed E-state index contributed by atoms with van der Waals surface area (Å²) in [6.07, 6.45) is 1.67. The third-order valence-corrected chi connectivity index (χ3v) is 3.01. The fourth-order valence-electron chi connectivity index (χ4n) is 1.77. The molecule has 1 rings (SSSR count). The van der Waals surface area contributed by atoms with Crippen LogP contribution in [0.5, 0.6) is 0 Å².